The van der Waals surface area contributed by atoms with Crippen molar-refractivity contribution in [2.24, 2.45) is 4.99 Å². The van der Waals surface area contributed by atoms with E-state index in [1.807, 2.05) is 0 Å². The monoisotopic (exact) mass is 422 g/mol. The number of oxazole rings is 1. The lowest BCUT2D eigenvalue weighted by Gasteiger charge is -2.21. The van der Waals surface area contributed by atoms with E-state index >= 15 is 0 Å². The Morgan fingerprint density at radius 1 is 1.36 bits per heavy atom. The van der Waals surface area contributed by atoms with Crippen molar-refractivity contribution in [1.82, 2.24) is 15.2 Å². The van der Waals surface area contributed by atoms with E-state index in [2.05, 4.69) is 61.9 Å². The van der Waals surface area contributed by atoms with Crippen molar-refractivity contribution in [2.45, 2.75) is 59.4 Å². The molecule has 1 rings (SSSR count). The van der Waals surface area contributed by atoms with Crippen LogP contribution in [0.1, 0.15) is 59.1 Å². The minimum atomic E-state index is -0.0165. The summed E-state index contributed by atoms with van der Waals surface area (Å²) in [4.78, 5) is 11.1. The molecular formula is C16H31IN4O. The molecule has 5 nitrogen and oxygen atoms in total. The van der Waals surface area contributed by atoms with Crippen LogP contribution in [0.15, 0.2) is 15.6 Å². The summed E-state index contributed by atoms with van der Waals surface area (Å²) in [5.74, 6) is 2.47. The number of hydrogen-bond acceptors (Lipinski definition) is 3. The Bertz CT molecular complexity index is 451. The highest BCUT2D eigenvalue weighted by Crippen LogP contribution is 2.22. The van der Waals surface area contributed by atoms with Crippen LogP contribution in [0.25, 0.3) is 0 Å². The van der Waals surface area contributed by atoms with Crippen molar-refractivity contribution in [3.05, 3.63) is 17.8 Å². The molecule has 1 heterocycles. The molecule has 0 saturated carbocycles. The van der Waals surface area contributed by atoms with E-state index in [9.17, 15) is 0 Å². The fourth-order valence-electron chi connectivity index (χ4n) is 1.84. The van der Waals surface area contributed by atoms with Crippen LogP contribution in [0, 0.1) is 0 Å². The zero-order chi connectivity index (χ0) is 15.9. The number of halogens is 1. The zero-order valence-electron chi connectivity index (χ0n) is 14.8. The largest absolute Gasteiger partial charge is 0.443 e. The van der Waals surface area contributed by atoms with Gasteiger partial charge in [-0.05, 0) is 13.3 Å². The fraction of sp³-hybridized carbons (Fsp3) is 0.750. The number of guanidine groups is 1. The van der Waals surface area contributed by atoms with Gasteiger partial charge in [-0.25, -0.2) is 9.98 Å². The maximum atomic E-state index is 5.77. The first-order valence-electron chi connectivity index (χ1n) is 7.83. The van der Waals surface area contributed by atoms with Crippen molar-refractivity contribution < 1.29 is 4.42 Å². The van der Waals surface area contributed by atoms with Crippen LogP contribution < -0.4 is 5.32 Å². The van der Waals surface area contributed by atoms with Gasteiger partial charge in [0.1, 0.15) is 12.3 Å². The molecule has 0 aliphatic rings. The van der Waals surface area contributed by atoms with Crippen LogP contribution in [0.5, 0.6) is 0 Å². The van der Waals surface area contributed by atoms with E-state index in [1.54, 1.807) is 6.20 Å². The van der Waals surface area contributed by atoms with E-state index in [0.717, 1.165) is 31.2 Å². The SMILES string of the molecule is CCCCN(C)C(=NCc1ncc(C(C)(C)C)o1)NCC.I. The summed E-state index contributed by atoms with van der Waals surface area (Å²) in [5.41, 5.74) is -0.0165. The molecule has 0 bridgehead atoms. The molecule has 1 aromatic rings. The predicted octanol–water partition coefficient (Wildman–Crippen LogP) is 3.79. The standard InChI is InChI=1S/C16H30N4O.HI/c1-7-9-10-20(6)15(17-8-2)19-12-14-18-11-13(21-14)16(3,4)5;/h11H,7-10,12H2,1-6H3,(H,17,19);1H. The molecule has 0 aromatic carbocycles. The molecule has 128 valence electrons. The third-order valence-corrected chi connectivity index (χ3v) is 3.20. The smallest absolute Gasteiger partial charge is 0.216 e. The number of nitrogens with zero attached hydrogens (tertiary/aromatic N) is 3. The normalized spacial score (nSPS) is 12.0. The van der Waals surface area contributed by atoms with Gasteiger partial charge < -0.3 is 14.6 Å². The first kappa shape index (κ1) is 21.2. The van der Waals surface area contributed by atoms with Crippen molar-refractivity contribution in [2.75, 3.05) is 20.1 Å². The van der Waals surface area contributed by atoms with Gasteiger partial charge in [0, 0.05) is 25.6 Å². The number of hydrogen-bond donors (Lipinski definition) is 1. The molecule has 0 fully saturated rings. The van der Waals surface area contributed by atoms with E-state index in [0.29, 0.717) is 12.4 Å². The van der Waals surface area contributed by atoms with E-state index in [1.165, 1.54) is 6.42 Å². The lowest BCUT2D eigenvalue weighted by Crippen LogP contribution is -2.39. The molecule has 0 radical (unpaired) electrons. The van der Waals surface area contributed by atoms with Gasteiger partial charge in [0.05, 0.1) is 6.20 Å². The fourth-order valence-corrected chi connectivity index (χ4v) is 1.84. The van der Waals surface area contributed by atoms with Crippen LogP contribution in [-0.2, 0) is 12.0 Å². The summed E-state index contributed by atoms with van der Waals surface area (Å²) in [7, 11) is 2.06. The average molecular weight is 422 g/mol. The highest BCUT2D eigenvalue weighted by molar-refractivity contribution is 14.0. The van der Waals surface area contributed by atoms with Gasteiger partial charge in [0.2, 0.25) is 5.89 Å². The Hall–Kier alpha value is -0.790. The summed E-state index contributed by atoms with van der Waals surface area (Å²) in [6.07, 6.45) is 4.14. The zero-order valence-corrected chi connectivity index (χ0v) is 17.1. The molecule has 0 unspecified atom stereocenters. The van der Waals surface area contributed by atoms with E-state index in [-0.39, 0.29) is 29.4 Å². The number of rotatable bonds is 6. The summed E-state index contributed by atoms with van der Waals surface area (Å²) in [5, 5.41) is 3.31. The Labute approximate surface area is 152 Å². The molecule has 0 atom stereocenters. The van der Waals surface area contributed by atoms with Gasteiger partial charge in [0.15, 0.2) is 5.96 Å². The highest BCUT2D eigenvalue weighted by Gasteiger charge is 2.19. The van der Waals surface area contributed by atoms with E-state index < -0.39 is 0 Å². The molecule has 1 aromatic heterocycles. The predicted molar refractivity (Wildman–Crippen MR) is 103 cm³/mol. The number of aromatic nitrogens is 1. The molecule has 1 N–H and O–H groups in total. The Kier molecular flexibility index (Phi) is 9.71. The summed E-state index contributed by atoms with van der Waals surface area (Å²) in [6, 6.07) is 0. The van der Waals surface area contributed by atoms with Gasteiger partial charge in [0.25, 0.3) is 0 Å². The molecule has 0 aliphatic heterocycles. The molecule has 0 amide bonds. The molecule has 22 heavy (non-hydrogen) atoms. The Morgan fingerprint density at radius 3 is 2.55 bits per heavy atom. The van der Waals surface area contributed by atoms with E-state index in [4.69, 9.17) is 4.42 Å². The quantitative estimate of drug-likeness (QED) is 0.431. The second-order valence-corrected chi connectivity index (χ2v) is 6.31. The van der Waals surface area contributed by atoms with Crippen molar-refractivity contribution in [3.63, 3.8) is 0 Å². The summed E-state index contributed by atoms with van der Waals surface area (Å²) < 4.78 is 5.77. The average Bonchev–Trinajstić information content (AvgIpc) is 2.89. The van der Waals surface area contributed by atoms with Crippen molar-refractivity contribution >= 4 is 29.9 Å². The lowest BCUT2D eigenvalue weighted by atomic mass is 9.94. The maximum Gasteiger partial charge on any atom is 0.216 e. The first-order chi connectivity index (χ1) is 9.88. The minimum Gasteiger partial charge on any atom is -0.443 e. The highest BCUT2D eigenvalue weighted by atomic mass is 127. The van der Waals surface area contributed by atoms with Crippen LogP contribution in [0.4, 0.5) is 0 Å². The molecule has 0 spiro atoms. The number of nitrogens with one attached hydrogen (secondary N) is 1. The van der Waals surface area contributed by atoms with Gasteiger partial charge in [-0.1, -0.05) is 34.1 Å². The molecule has 0 saturated heterocycles. The molecule has 6 heteroatoms. The van der Waals surface area contributed by atoms with Crippen LogP contribution >= 0.6 is 24.0 Å². The van der Waals surface area contributed by atoms with Gasteiger partial charge in [-0.15, -0.1) is 24.0 Å². The van der Waals surface area contributed by atoms with Crippen LogP contribution in [-0.4, -0.2) is 36.0 Å². The van der Waals surface area contributed by atoms with Crippen molar-refractivity contribution in [3.8, 4) is 0 Å². The minimum absolute atomic E-state index is 0. The second kappa shape index (κ2) is 10.1. The maximum absolute atomic E-state index is 5.77. The van der Waals surface area contributed by atoms with Gasteiger partial charge in [-0.3, -0.25) is 0 Å². The molecule has 0 aliphatic carbocycles. The lowest BCUT2D eigenvalue weighted by molar-refractivity contribution is 0.382. The molecular weight excluding hydrogens is 391 g/mol. The third kappa shape index (κ3) is 6.98. The van der Waals surface area contributed by atoms with Crippen molar-refractivity contribution in [1.29, 1.82) is 0 Å². The number of unbranched alkanes of at least 4 members (excludes halogenated alkanes) is 1. The van der Waals surface area contributed by atoms with Crippen LogP contribution in [0.2, 0.25) is 0 Å². The number of aliphatic imine (C=N–C) groups is 1. The first-order valence-corrected chi connectivity index (χ1v) is 7.83. The summed E-state index contributed by atoms with van der Waals surface area (Å²) in [6.45, 7) is 12.9. The van der Waals surface area contributed by atoms with Gasteiger partial charge in [-0.2, -0.15) is 0 Å². The summed E-state index contributed by atoms with van der Waals surface area (Å²) >= 11 is 0. The third-order valence-electron chi connectivity index (χ3n) is 3.20. The van der Waals surface area contributed by atoms with Gasteiger partial charge >= 0.3 is 0 Å². The van der Waals surface area contributed by atoms with Crippen LogP contribution in [0.3, 0.4) is 0 Å². The second-order valence-electron chi connectivity index (χ2n) is 6.31. The Balaban J connectivity index is 0.00000441. The Morgan fingerprint density at radius 2 is 2.05 bits per heavy atom. The topological polar surface area (TPSA) is 53.7 Å².